The number of thiophene rings is 4. The van der Waals surface area contributed by atoms with Gasteiger partial charge in [-0.15, -0.1) is 34.0 Å². The van der Waals surface area contributed by atoms with Crippen molar-refractivity contribution in [3.8, 4) is 21.6 Å². The van der Waals surface area contributed by atoms with E-state index in [-0.39, 0.29) is 31.2 Å². The van der Waals surface area contributed by atoms with Gasteiger partial charge in [-0.3, -0.25) is 0 Å². The molecule has 236 valence electrons. The van der Waals surface area contributed by atoms with Crippen LogP contribution in [0.15, 0.2) is 47.5 Å². The Morgan fingerprint density at radius 1 is 0.889 bits per heavy atom. The third-order valence-electron chi connectivity index (χ3n) is 7.06. The monoisotopic (exact) mass is 680 g/mol. The minimum atomic E-state index is 0. The van der Waals surface area contributed by atoms with Gasteiger partial charge >= 0.3 is 0 Å². The molecule has 2 aliphatic rings. The Balaban J connectivity index is 0.000000201. The van der Waals surface area contributed by atoms with E-state index >= 15 is 0 Å². The van der Waals surface area contributed by atoms with Crippen molar-refractivity contribution >= 4 is 78.2 Å². The molecule has 2 fully saturated rings. The van der Waals surface area contributed by atoms with Gasteiger partial charge in [0.15, 0.2) is 0 Å². The molecule has 2 atom stereocenters. The van der Waals surface area contributed by atoms with Crippen LogP contribution in [0.5, 0.6) is 0 Å². The van der Waals surface area contributed by atoms with Gasteiger partial charge in [0.1, 0.15) is 11.5 Å². The summed E-state index contributed by atoms with van der Waals surface area (Å²) in [5.41, 5.74) is 3.76. The fourth-order valence-electron chi connectivity index (χ4n) is 5.30. The van der Waals surface area contributed by atoms with Crippen molar-refractivity contribution in [1.29, 1.82) is 0 Å². The van der Waals surface area contributed by atoms with Gasteiger partial charge in [-0.25, -0.2) is 9.69 Å². The van der Waals surface area contributed by atoms with Crippen LogP contribution in [0.1, 0.15) is 31.0 Å². The number of hydrogen-bond donors (Lipinski definition) is 2. The van der Waals surface area contributed by atoms with E-state index < -0.39 is 0 Å². The summed E-state index contributed by atoms with van der Waals surface area (Å²) < 4.78 is 11.2. The second-order valence-electron chi connectivity index (χ2n) is 10.3. The molecule has 45 heavy (non-hydrogen) atoms. The molecule has 0 aromatic carbocycles. The van der Waals surface area contributed by atoms with Crippen LogP contribution in [0.2, 0.25) is 0 Å². The van der Waals surface area contributed by atoms with Crippen molar-refractivity contribution in [2.75, 3.05) is 49.2 Å². The molecule has 2 N–H and O–H groups in total. The van der Waals surface area contributed by atoms with Crippen molar-refractivity contribution in [3.63, 3.8) is 0 Å². The number of morpholine rings is 2. The molecule has 6 heterocycles. The molecule has 0 aliphatic carbocycles. The van der Waals surface area contributed by atoms with Crippen LogP contribution >= 0.6 is 45.3 Å². The number of aliphatic hydroxyl groups is 2. The Hall–Kier alpha value is -3.62. The molecule has 2 unspecified atom stereocenters. The van der Waals surface area contributed by atoms with Gasteiger partial charge in [0.2, 0.25) is 11.4 Å². The molecule has 0 spiro atoms. The summed E-state index contributed by atoms with van der Waals surface area (Å²) in [6.07, 6.45) is 0.232. The second-order valence-corrected chi connectivity index (χ2v) is 14.0. The van der Waals surface area contributed by atoms with Crippen molar-refractivity contribution in [2.45, 2.75) is 33.5 Å². The Morgan fingerprint density at radius 2 is 1.47 bits per heavy atom. The van der Waals surface area contributed by atoms with Gasteiger partial charge in [-0.2, -0.15) is 11.3 Å². The van der Waals surface area contributed by atoms with Crippen molar-refractivity contribution in [3.05, 3.63) is 80.1 Å². The molecule has 0 radical (unpaired) electrons. The zero-order valence-electron chi connectivity index (χ0n) is 24.4. The van der Waals surface area contributed by atoms with Crippen LogP contribution < -0.4 is 9.80 Å². The molecular weight excluding hydrogens is 645 g/mol. The van der Waals surface area contributed by atoms with E-state index in [1.807, 2.05) is 48.2 Å². The number of aliphatic hydroxyl groups excluding tert-OH is 2. The topological polar surface area (TPSA) is 74.1 Å². The Labute approximate surface area is 281 Å². The Bertz CT molecular complexity index is 1690. The van der Waals surface area contributed by atoms with Crippen molar-refractivity contribution < 1.29 is 19.7 Å². The largest absolute Gasteiger partial charge is 0.507 e. The molecule has 8 nitrogen and oxygen atoms in total. The van der Waals surface area contributed by atoms with Crippen molar-refractivity contribution in [2.24, 2.45) is 0 Å². The number of rotatable bonds is 6. The summed E-state index contributed by atoms with van der Waals surface area (Å²) in [5, 5.41) is 27.7. The van der Waals surface area contributed by atoms with Gasteiger partial charge in [0.05, 0.1) is 58.3 Å². The Morgan fingerprint density at radius 3 is 1.98 bits per heavy atom. The number of hydrogen-bond acceptors (Lipinski definition) is 10. The van der Waals surface area contributed by atoms with E-state index in [4.69, 9.17) is 22.6 Å². The zero-order chi connectivity index (χ0) is 31.4. The van der Waals surface area contributed by atoms with Gasteiger partial charge in [0.25, 0.3) is 0 Å². The maximum Gasteiger partial charge on any atom is 0.229 e. The summed E-state index contributed by atoms with van der Waals surface area (Å²) in [4.78, 5) is 14.2. The third-order valence-corrected chi connectivity index (χ3v) is 11.2. The average molecular weight is 681 g/mol. The van der Waals surface area contributed by atoms with Crippen LogP contribution in [0.25, 0.3) is 42.8 Å². The summed E-state index contributed by atoms with van der Waals surface area (Å²) in [6.45, 7) is 31.0. The number of nitrogens with zero attached hydrogens (tertiary/aromatic N) is 4. The first kappa shape index (κ1) is 34.3. The van der Waals surface area contributed by atoms with E-state index in [9.17, 15) is 10.2 Å². The molecule has 6 rings (SSSR count). The molecule has 4 aromatic heterocycles. The smallest absolute Gasteiger partial charge is 0.229 e. The lowest BCUT2D eigenvalue weighted by Gasteiger charge is -2.36. The fraction of sp³-hybridized carbons (Fsp3) is 0.333. The summed E-state index contributed by atoms with van der Waals surface area (Å²) in [7, 11) is 0. The number of anilines is 2. The molecule has 0 amide bonds. The molecule has 0 saturated carbocycles. The van der Waals surface area contributed by atoms with Gasteiger partial charge in [-0.1, -0.05) is 26.7 Å². The van der Waals surface area contributed by atoms with Gasteiger partial charge < -0.3 is 29.5 Å². The molecule has 2 saturated heterocycles. The van der Waals surface area contributed by atoms with Crippen LogP contribution in [0.3, 0.4) is 0 Å². The highest BCUT2D eigenvalue weighted by Gasteiger charge is 2.30. The highest BCUT2D eigenvalue weighted by Crippen LogP contribution is 2.52. The SMILES string of the molecule is C.[C-]#[N+]c1c(N2CC(C)OC(C)C2)sc(C(=C)O)c1-c1cccs1.[C-]#[N+]c1c(N2CCOCC2)sc(C(=C)O)c1-c1ccsc1. The highest BCUT2D eigenvalue weighted by molar-refractivity contribution is 7.20. The van der Waals surface area contributed by atoms with Crippen LogP contribution in [0, 0.1) is 13.1 Å². The maximum atomic E-state index is 10.0. The standard InChI is InChI=1S/C17H18N2O2S2.C15H14N2O2S2.CH4/c1-10-8-19(9-11(2)21-10)17-15(18-4)14(13-6-5-7-22-13)16(23-17)12(3)20;1-10(18)14-12(11-3-8-20-9-11)13(16-2)15(21-14)17-4-6-19-7-5-17;/h5-7,10-11,20H,3,8-9H2,1-2H3;3,8-9,18H,1,4-7H2;1H4. The highest BCUT2D eigenvalue weighted by atomic mass is 32.1. The molecule has 2 aliphatic heterocycles. The lowest BCUT2D eigenvalue weighted by molar-refractivity contribution is -0.00496. The first-order chi connectivity index (χ1) is 21.2. The fourth-order valence-corrected chi connectivity index (χ4v) is 9.11. The van der Waals surface area contributed by atoms with E-state index in [1.54, 1.807) is 22.7 Å². The normalized spacial score (nSPS) is 17.8. The van der Waals surface area contributed by atoms with Gasteiger partial charge in [0, 0.05) is 42.2 Å². The molecule has 12 heteroatoms. The zero-order valence-corrected chi connectivity index (χ0v) is 27.7. The van der Waals surface area contributed by atoms with Crippen LogP contribution in [-0.4, -0.2) is 61.8 Å². The lowest BCUT2D eigenvalue weighted by Crippen LogP contribution is -2.45. The number of ether oxygens (including phenoxy) is 2. The maximum absolute atomic E-state index is 10.0. The van der Waals surface area contributed by atoms with E-state index in [2.05, 4.69) is 32.6 Å². The second kappa shape index (κ2) is 15.1. The summed E-state index contributed by atoms with van der Waals surface area (Å²) in [5.74, 6) is 0.0366. The average Bonchev–Trinajstić information content (AvgIpc) is 3.82. The molecule has 4 aromatic rings. The summed E-state index contributed by atoms with van der Waals surface area (Å²) in [6, 6.07) is 5.90. The third kappa shape index (κ3) is 7.28. The Kier molecular flexibility index (Phi) is 11.5. The van der Waals surface area contributed by atoms with Crippen LogP contribution in [0.4, 0.5) is 21.4 Å². The minimum Gasteiger partial charge on any atom is -0.507 e. The minimum absolute atomic E-state index is 0. The summed E-state index contributed by atoms with van der Waals surface area (Å²) >= 11 is 6.02. The predicted molar refractivity (Wildman–Crippen MR) is 193 cm³/mol. The molecular formula is C33H36N4O4S4. The quantitative estimate of drug-likeness (QED) is 0.156. The van der Waals surface area contributed by atoms with Crippen molar-refractivity contribution in [1.82, 2.24) is 0 Å². The van der Waals surface area contributed by atoms with E-state index in [0.717, 1.165) is 57.7 Å². The lowest BCUT2D eigenvalue weighted by atomic mass is 10.1. The van der Waals surface area contributed by atoms with E-state index in [1.165, 1.54) is 22.7 Å². The van der Waals surface area contributed by atoms with Gasteiger partial charge in [-0.05, 0) is 47.7 Å². The van der Waals surface area contributed by atoms with E-state index in [0.29, 0.717) is 34.3 Å². The predicted octanol–water partition coefficient (Wildman–Crippen LogP) is 10.2. The first-order valence-electron chi connectivity index (χ1n) is 13.9. The van der Waals surface area contributed by atoms with Crippen LogP contribution in [-0.2, 0) is 9.47 Å². The first-order valence-corrected chi connectivity index (χ1v) is 17.3. The molecule has 0 bridgehead atoms.